The summed E-state index contributed by atoms with van der Waals surface area (Å²) < 4.78 is 0. The topological polar surface area (TPSA) is 85.2 Å². The molecule has 1 aromatic heterocycles. The van der Waals surface area contributed by atoms with Crippen LogP contribution in [0, 0.1) is 31.1 Å². The average Bonchev–Trinajstić information content (AvgIpc) is 3.16. The van der Waals surface area contributed by atoms with Gasteiger partial charge in [0.15, 0.2) is 5.69 Å². The summed E-state index contributed by atoms with van der Waals surface area (Å²) in [6.07, 6.45) is 3.52. The molecule has 0 radical (unpaired) electrons. The molecular weight excluding hydrogens is 404 g/mol. The smallest absolute Gasteiger partial charge is 0.276 e. The molecule has 2 aromatic rings. The summed E-state index contributed by atoms with van der Waals surface area (Å²) in [5, 5.41) is 8.05. The van der Waals surface area contributed by atoms with Gasteiger partial charge < -0.3 is 4.90 Å². The summed E-state index contributed by atoms with van der Waals surface area (Å²) in [7, 11) is 1.67. The number of piperidine rings is 1. The first-order chi connectivity index (χ1) is 15.2. The molecule has 0 unspecified atom stereocenters. The van der Waals surface area contributed by atoms with Gasteiger partial charge in [0.05, 0.1) is 6.20 Å². The summed E-state index contributed by atoms with van der Waals surface area (Å²) in [4.78, 5) is 42.3. The van der Waals surface area contributed by atoms with Crippen LogP contribution in [0.1, 0.15) is 71.3 Å². The van der Waals surface area contributed by atoms with Crippen LogP contribution in [0.5, 0.6) is 0 Å². The molecular formula is C25H28N4O3. The number of hydrogen-bond donors (Lipinski definition) is 0. The SMILES string of the molecule is CC#Cc1cc(C)c(C2C(=O)CC3(CCN(C(=O)c4cnn(C)n4)CC3)CC2=O)c(C)c1. The van der Waals surface area contributed by atoms with E-state index < -0.39 is 5.92 Å². The molecule has 7 nitrogen and oxygen atoms in total. The Morgan fingerprint density at radius 3 is 2.19 bits per heavy atom. The monoisotopic (exact) mass is 432 g/mol. The molecule has 1 amide bonds. The molecule has 1 aromatic carbocycles. The van der Waals surface area contributed by atoms with Crippen molar-refractivity contribution in [3.63, 3.8) is 0 Å². The highest BCUT2D eigenvalue weighted by atomic mass is 16.2. The maximum atomic E-state index is 13.3. The van der Waals surface area contributed by atoms with Crippen molar-refractivity contribution in [1.29, 1.82) is 0 Å². The largest absolute Gasteiger partial charge is 0.337 e. The normalized spacial score (nSPS) is 18.6. The molecule has 0 bridgehead atoms. The number of carbonyl (C=O) groups excluding carboxylic acids is 3. The molecule has 1 aliphatic carbocycles. The Kier molecular flexibility index (Phi) is 5.72. The summed E-state index contributed by atoms with van der Waals surface area (Å²) in [6.45, 7) is 6.72. The summed E-state index contributed by atoms with van der Waals surface area (Å²) in [5.74, 6) is 5.10. The van der Waals surface area contributed by atoms with E-state index >= 15 is 0 Å². The van der Waals surface area contributed by atoms with E-state index in [1.54, 1.807) is 18.9 Å². The minimum atomic E-state index is -0.691. The van der Waals surface area contributed by atoms with Gasteiger partial charge in [-0.3, -0.25) is 14.4 Å². The van der Waals surface area contributed by atoms with E-state index in [2.05, 4.69) is 22.0 Å². The highest BCUT2D eigenvalue weighted by molar-refractivity contribution is 6.10. The van der Waals surface area contributed by atoms with Gasteiger partial charge in [0.2, 0.25) is 0 Å². The minimum Gasteiger partial charge on any atom is -0.337 e. The van der Waals surface area contributed by atoms with E-state index in [0.29, 0.717) is 44.5 Å². The van der Waals surface area contributed by atoms with E-state index in [1.807, 2.05) is 26.0 Å². The highest BCUT2D eigenvalue weighted by Gasteiger charge is 2.48. The lowest BCUT2D eigenvalue weighted by atomic mass is 9.62. The Bertz CT molecular complexity index is 1120. The van der Waals surface area contributed by atoms with Crippen LogP contribution >= 0.6 is 0 Å². The third kappa shape index (κ3) is 3.97. The maximum absolute atomic E-state index is 13.3. The number of aryl methyl sites for hydroxylation is 3. The molecule has 1 aliphatic heterocycles. The standard InChI is InChI=1S/C25H28N4O3/c1-5-6-18-11-16(2)22(17(3)12-18)23-20(30)13-25(14-21(23)31)7-9-29(10-8-25)24(32)19-15-26-28(4)27-19/h11-12,15,23H,7-10,13-14H2,1-4H3. The molecule has 2 fully saturated rings. The zero-order chi connectivity index (χ0) is 23.0. The van der Waals surface area contributed by atoms with Crippen LogP contribution in [0.25, 0.3) is 0 Å². The fraction of sp³-hybridized carbons (Fsp3) is 0.480. The van der Waals surface area contributed by atoms with Crippen LogP contribution < -0.4 is 0 Å². The number of ketones is 2. The fourth-order valence-corrected chi connectivity index (χ4v) is 5.30. The molecule has 1 saturated heterocycles. The number of amides is 1. The zero-order valence-corrected chi connectivity index (χ0v) is 19.1. The van der Waals surface area contributed by atoms with Crippen LogP contribution in [-0.4, -0.2) is 50.5 Å². The first kappa shape index (κ1) is 21.9. The van der Waals surface area contributed by atoms with E-state index in [9.17, 15) is 14.4 Å². The second-order valence-electron chi connectivity index (χ2n) is 9.13. The molecule has 4 rings (SSSR count). The van der Waals surface area contributed by atoms with Gasteiger partial charge in [-0.05, 0) is 67.9 Å². The first-order valence-corrected chi connectivity index (χ1v) is 11.0. The molecule has 166 valence electrons. The van der Waals surface area contributed by atoms with Gasteiger partial charge in [-0.15, -0.1) is 11.0 Å². The van der Waals surface area contributed by atoms with Crippen molar-refractivity contribution in [3.05, 3.63) is 46.3 Å². The van der Waals surface area contributed by atoms with E-state index in [4.69, 9.17) is 0 Å². The molecule has 7 heteroatoms. The van der Waals surface area contributed by atoms with Crippen molar-refractivity contribution in [1.82, 2.24) is 19.9 Å². The third-order valence-electron chi connectivity index (χ3n) is 6.82. The number of aromatic nitrogens is 3. The van der Waals surface area contributed by atoms with Crippen molar-refractivity contribution in [2.45, 2.75) is 52.4 Å². The maximum Gasteiger partial charge on any atom is 0.276 e. The average molecular weight is 433 g/mol. The van der Waals surface area contributed by atoms with E-state index in [0.717, 1.165) is 22.3 Å². The van der Waals surface area contributed by atoms with Crippen LogP contribution in [0.2, 0.25) is 0 Å². The van der Waals surface area contributed by atoms with Crippen molar-refractivity contribution in [3.8, 4) is 11.8 Å². The number of rotatable bonds is 2. The van der Waals surface area contributed by atoms with Gasteiger partial charge >= 0.3 is 0 Å². The number of Topliss-reactive ketones (excluding diaryl/α,β-unsaturated/α-hetero) is 2. The third-order valence-corrected chi connectivity index (χ3v) is 6.82. The molecule has 2 aliphatic rings. The Balaban J connectivity index is 1.49. The summed E-state index contributed by atoms with van der Waals surface area (Å²) in [5.41, 5.74) is 3.59. The Morgan fingerprint density at radius 2 is 1.69 bits per heavy atom. The predicted molar refractivity (Wildman–Crippen MR) is 119 cm³/mol. The quantitative estimate of drug-likeness (QED) is 0.538. The molecule has 1 saturated carbocycles. The van der Waals surface area contributed by atoms with Gasteiger partial charge in [0, 0.05) is 38.5 Å². The van der Waals surface area contributed by atoms with Gasteiger partial charge in [-0.25, -0.2) is 0 Å². The van der Waals surface area contributed by atoms with Gasteiger partial charge in [0.25, 0.3) is 5.91 Å². The van der Waals surface area contributed by atoms with Crippen molar-refractivity contribution in [2.75, 3.05) is 13.1 Å². The van der Waals surface area contributed by atoms with Crippen molar-refractivity contribution < 1.29 is 14.4 Å². The molecule has 32 heavy (non-hydrogen) atoms. The number of benzene rings is 1. The van der Waals surface area contributed by atoms with Crippen LogP contribution in [0.4, 0.5) is 0 Å². The number of nitrogens with zero attached hydrogens (tertiary/aromatic N) is 4. The van der Waals surface area contributed by atoms with Crippen molar-refractivity contribution in [2.24, 2.45) is 12.5 Å². The molecule has 0 atom stereocenters. The number of carbonyl (C=O) groups is 3. The summed E-state index contributed by atoms with van der Waals surface area (Å²) >= 11 is 0. The van der Waals surface area contributed by atoms with Gasteiger partial charge in [0.1, 0.15) is 17.5 Å². The lowest BCUT2D eigenvalue weighted by molar-refractivity contribution is -0.138. The second-order valence-corrected chi connectivity index (χ2v) is 9.13. The fourth-order valence-electron chi connectivity index (χ4n) is 5.30. The van der Waals surface area contributed by atoms with Crippen molar-refractivity contribution >= 4 is 17.5 Å². The first-order valence-electron chi connectivity index (χ1n) is 11.0. The number of hydrogen-bond acceptors (Lipinski definition) is 5. The van der Waals surface area contributed by atoms with Crippen LogP contribution in [-0.2, 0) is 16.6 Å². The predicted octanol–water partition coefficient (Wildman–Crippen LogP) is 2.74. The van der Waals surface area contributed by atoms with Gasteiger partial charge in [-0.1, -0.05) is 5.92 Å². The second kappa shape index (κ2) is 8.34. The molecule has 1 spiro atoms. The lowest BCUT2D eigenvalue weighted by Crippen LogP contribution is -2.48. The molecule has 2 heterocycles. The highest BCUT2D eigenvalue weighted by Crippen LogP contribution is 2.46. The Hall–Kier alpha value is -3.27. The molecule has 0 N–H and O–H groups in total. The van der Waals surface area contributed by atoms with E-state index in [1.165, 1.54) is 11.0 Å². The number of likely N-dealkylation sites (tertiary alicyclic amines) is 1. The Labute approximate surface area is 188 Å². The zero-order valence-electron chi connectivity index (χ0n) is 19.1. The van der Waals surface area contributed by atoms with E-state index in [-0.39, 0.29) is 22.9 Å². The van der Waals surface area contributed by atoms with Crippen LogP contribution in [0.3, 0.4) is 0 Å². The minimum absolute atomic E-state index is 0.00419. The lowest BCUT2D eigenvalue weighted by Gasteiger charge is -2.44. The summed E-state index contributed by atoms with van der Waals surface area (Å²) in [6, 6.07) is 3.92. The Morgan fingerprint density at radius 1 is 1.09 bits per heavy atom. The van der Waals surface area contributed by atoms with Gasteiger partial charge in [-0.2, -0.15) is 9.90 Å². The van der Waals surface area contributed by atoms with Crippen LogP contribution in [0.15, 0.2) is 18.3 Å².